The molecule has 27 heavy (non-hydrogen) atoms. The normalized spacial score (nSPS) is 12.1. The van der Waals surface area contributed by atoms with E-state index in [9.17, 15) is 4.79 Å². The van der Waals surface area contributed by atoms with E-state index in [1.54, 1.807) is 13.3 Å². The molecular weight excluding hydrogens is 336 g/mol. The van der Waals surface area contributed by atoms with Crippen molar-refractivity contribution in [2.75, 3.05) is 12.4 Å². The van der Waals surface area contributed by atoms with Gasteiger partial charge in [0, 0.05) is 5.39 Å². The molecular formula is C23H20N2O2. The lowest BCUT2D eigenvalue weighted by Gasteiger charge is -2.14. The quantitative estimate of drug-likeness (QED) is 0.551. The van der Waals surface area contributed by atoms with Gasteiger partial charge in [-0.05, 0) is 47.5 Å². The Hall–Kier alpha value is -3.40. The number of aromatic nitrogens is 1. The number of nitrogens with zero attached hydrogens (tertiary/aromatic N) is 1. The minimum atomic E-state index is -0.275. The highest BCUT2D eigenvalue weighted by molar-refractivity contribution is 5.97. The standard InChI is InChI=1S/C23H20N2O2/c1-15(16-7-8-18-13-21(27-2)10-9-17(18)11-16)23(26)25-20-12-19-5-3-4-6-22(19)24-14-20/h3-15H,1-2H3,(H,25,26)/t15-/m0/s1. The van der Waals surface area contributed by atoms with E-state index in [2.05, 4.69) is 16.4 Å². The zero-order valence-corrected chi connectivity index (χ0v) is 15.3. The van der Waals surface area contributed by atoms with Gasteiger partial charge < -0.3 is 10.1 Å². The SMILES string of the molecule is COc1ccc2cc([C@H](C)C(=O)Nc3cnc4ccccc4c3)ccc2c1. The van der Waals surface area contributed by atoms with Crippen LogP contribution in [0.2, 0.25) is 0 Å². The highest BCUT2D eigenvalue weighted by atomic mass is 16.5. The molecule has 0 saturated heterocycles. The average Bonchev–Trinajstić information content (AvgIpc) is 2.72. The van der Waals surface area contributed by atoms with Crippen molar-refractivity contribution in [1.29, 1.82) is 0 Å². The monoisotopic (exact) mass is 356 g/mol. The van der Waals surface area contributed by atoms with Gasteiger partial charge in [-0.15, -0.1) is 0 Å². The fraction of sp³-hybridized carbons (Fsp3) is 0.130. The Morgan fingerprint density at radius 2 is 1.74 bits per heavy atom. The van der Waals surface area contributed by atoms with Crippen molar-refractivity contribution in [3.05, 3.63) is 78.5 Å². The van der Waals surface area contributed by atoms with Crippen molar-refractivity contribution in [1.82, 2.24) is 4.98 Å². The van der Waals surface area contributed by atoms with Crippen molar-refractivity contribution >= 4 is 33.3 Å². The second kappa shape index (κ2) is 7.08. The molecule has 3 aromatic carbocycles. The van der Waals surface area contributed by atoms with E-state index in [0.717, 1.165) is 33.0 Å². The number of anilines is 1. The number of rotatable bonds is 4. The van der Waals surface area contributed by atoms with E-state index >= 15 is 0 Å². The third-order valence-corrected chi connectivity index (χ3v) is 4.82. The lowest BCUT2D eigenvalue weighted by molar-refractivity contribution is -0.117. The summed E-state index contributed by atoms with van der Waals surface area (Å²) in [6.07, 6.45) is 1.69. The molecule has 0 unspecified atom stereocenters. The molecule has 1 aromatic heterocycles. The smallest absolute Gasteiger partial charge is 0.231 e. The molecule has 134 valence electrons. The Kier molecular flexibility index (Phi) is 4.47. The zero-order valence-electron chi connectivity index (χ0n) is 15.3. The number of hydrogen-bond acceptors (Lipinski definition) is 3. The second-order valence-corrected chi connectivity index (χ2v) is 6.60. The molecule has 4 heteroatoms. The van der Waals surface area contributed by atoms with Gasteiger partial charge in [0.15, 0.2) is 0 Å². The molecule has 4 aromatic rings. The van der Waals surface area contributed by atoms with Crippen molar-refractivity contribution in [2.45, 2.75) is 12.8 Å². The number of ether oxygens (including phenoxy) is 1. The molecule has 1 N–H and O–H groups in total. The van der Waals surface area contributed by atoms with Crippen LogP contribution in [0, 0.1) is 0 Å². The summed E-state index contributed by atoms with van der Waals surface area (Å²) in [6.45, 7) is 1.91. The van der Waals surface area contributed by atoms with E-state index < -0.39 is 0 Å². The highest BCUT2D eigenvalue weighted by Gasteiger charge is 2.16. The third-order valence-electron chi connectivity index (χ3n) is 4.82. The minimum Gasteiger partial charge on any atom is -0.497 e. The molecule has 0 aliphatic rings. The van der Waals surface area contributed by atoms with Crippen molar-refractivity contribution in [2.24, 2.45) is 0 Å². The summed E-state index contributed by atoms with van der Waals surface area (Å²) in [7, 11) is 1.66. The maximum Gasteiger partial charge on any atom is 0.231 e. The van der Waals surface area contributed by atoms with Gasteiger partial charge in [-0.25, -0.2) is 0 Å². The largest absolute Gasteiger partial charge is 0.497 e. The summed E-state index contributed by atoms with van der Waals surface area (Å²) in [5.41, 5.74) is 2.59. The minimum absolute atomic E-state index is 0.0556. The molecule has 4 nitrogen and oxygen atoms in total. The molecule has 0 spiro atoms. The van der Waals surface area contributed by atoms with E-state index in [-0.39, 0.29) is 11.8 Å². The zero-order chi connectivity index (χ0) is 18.8. The maximum absolute atomic E-state index is 12.7. The van der Waals surface area contributed by atoms with Gasteiger partial charge in [0.2, 0.25) is 5.91 Å². The van der Waals surface area contributed by atoms with Gasteiger partial charge in [0.05, 0.1) is 30.4 Å². The summed E-state index contributed by atoms with van der Waals surface area (Å²) in [5.74, 6) is 0.493. The average molecular weight is 356 g/mol. The molecule has 4 rings (SSSR count). The Labute approximate surface area is 157 Å². The Balaban J connectivity index is 1.56. The fourth-order valence-electron chi connectivity index (χ4n) is 3.18. The van der Waals surface area contributed by atoms with Crippen LogP contribution >= 0.6 is 0 Å². The van der Waals surface area contributed by atoms with Crippen molar-refractivity contribution < 1.29 is 9.53 Å². The first-order valence-electron chi connectivity index (χ1n) is 8.87. The highest BCUT2D eigenvalue weighted by Crippen LogP contribution is 2.26. The van der Waals surface area contributed by atoms with Crippen LogP contribution in [-0.4, -0.2) is 18.0 Å². The lowest BCUT2D eigenvalue weighted by Crippen LogP contribution is -2.19. The first-order chi connectivity index (χ1) is 13.1. The number of hydrogen-bond donors (Lipinski definition) is 1. The second-order valence-electron chi connectivity index (χ2n) is 6.60. The molecule has 0 aliphatic carbocycles. The number of methoxy groups -OCH3 is 1. The summed E-state index contributed by atoms with van der Waals surface area (Å²) >= 11 is 0. The summed E-state index contributed by atoms with van der Waals surface area (Å²) in [4.78, 5) is 17.1. The number of benzene rings is 3. The van der Waals surface area contributed by atoms with Gasteiger partial charge in [0.25, 0.3) is 0 Å². The number of carbonyl (C=O) groups is 1. The van der Waals surface area contributed by atoms with Crippen LogP contribution in [0.3, 0.4) is 0 Å². The van der Waals surface area contributed by atoms with E-state index in [0.29, 0.717) is 5.69 Å². The Bertz CT molecular complexity index is 1140. The van der Waals surface area contributed by atoms with Gasteiger partial charge >= 0.3 is 0 Å². The van der Waals surface area contributed by atoms with Crippen molar-refractivity contribution in [3.63, 3.8) is 0 Å². The van der Waals surface area contributed by atoms with Crippen molar-refractivity contribution in [3.8, 4) is 5.75 Å². The Morgan fingerprint density at radius 1 is 0.963 bits per heavy atom. The van der Waals surface area contributed by atoms with E-state index in [1.165, 1.54) is 0 Å². The molecule has 0 aliphatic heterocycles. The number of para-hydroxylation sites is 1. The predicted octanol–water partition coefficient (Wildman–Crippen LogP) is 5.14. The number of pyridine rings is 1. The predicted molar refractivity (Wildman–Crippen MR) is 109 cm³/mol. The van der Waals surface area contributed by atoms with Crippen LogP contribution < -0.4 is 10.1 Å². The number of amides is 1. The lowest BCUT2D eigenvalue weighted by atomic mass is 9.97. The molecule has 0 saturated carbocycles. The summed E-state index contributed by atoms with van der Waals surface area (Å²) in [5, 5.41) is 6.15. The van der Waals surface area contributed by atoms with Gasteiger partial charge in [-0.3, -0.25) is 9.78 Å². The van der Waals surface area contributed by atoms with Crippen LogP contribution in [0.5, 0.6) is 5.75 Å². The summed E-state index contributed by atoms with van der Waals surface area (Å²) < 4.78 is 5.27. The first-order valence-corrected chi connectivity index (χ1v) is 8.87. The maximum atomic E-state index is 12.7. The fourth-order valence-corrected chi connectivity index (χ4v) is 3.18. The van der Waals surface area contributed by atoms with Crippen LogP contribution in [0.1, 0.15) is 18.4 Å². The molecule has 1 heterocycles. The van der Waals surface area contributed by atoms with Crippen LogP contribution in [0.4, 0.5) is 5.69 Å². The topological polar surface area (TPSA) is 51.2 Å². The van der Waals surface area contributed by atoms with E-state index in [1.807, 2.05) is 67.6 Å². The number of fused-ring (bicyclic) bond motifs is 2. The molecule has 1 amide bonds. The van der Waals surface area contributed by atoms with Gasteiger partial charge in [0.1, 0.15) is 5.75 Å². The van der Waals surface area contributed by atoms with E-state index in [4.69, 9.17) is 4.74 Å². The molecule has 0 bridgehead atoms. The molecule has 0 fully saturated rings. The first kappa shape index (κ1) is 17.0. The summed E-state index contributed by atoms with van der Waals surface area (Å²) in [6, 6.07) is 21.8. The van der Waals surface area contributed by atoms with Crippen LogP contribution in [0.25, 0.3) is 21.7 Å². The Morgan fingerprint density at radius 3 is 2.59 bits per heavy atom. The third kappa shape index (κ3) is 3.47. The molecule has 0 radical (unpaired) electrons. The molecule has 1 atom stereocenters. The van der Waals surface area contributed by atoms with Crippen LogP contribution in [0.15, 0.2) is 72.9 Å². The van der Waals surface area contributed by atoms with Gasteiger partial charge in [-0.1, -0.05) is 42.5 Å². The van der Waals surface area contributed by atoms with Gasteiger partial charge in [-0.2, -0.15) is 0 Å². The number of carbonyl (C=O) groups excluding carboxylic acids is 1. The number of nitrogens with one attached hydrogen (secondary N) is 1. The van der Waals surface area contributed by atoms with Crippen LogP contribution in [-0.2, 0) is 4.79 Å².